The third-order valence-electron chi connectivity index (χ3n) is 6.16. The molecule has 0 unspecified atom stereocenters. The molecular formula is C23H18F3N5O2. The monoisotopic (exact) mass is 453 g/mol. The highest BCUT2D eigenvalue weighted by Gasteiger charge is 2.31. The number of aromatic nitrogens is 4. The molecule has 0 bridgehead atoms. The summed E-state index contributed by atoms with van der Waals surface area (Å²) in [5, 5.41) is 11.5. The van der Waals surface area contributed by atoms with E-state index in [-0.39, 0.29) is 36.1 Å². The van der Waals surface area contributed by atoms with Crippen molar-refractivity contribution < 1.29 is 22.6 Å². The van der Waals surface area contributed by atoms with Crippen molar-refractivity contribution >= 4 is 11.5 Å². The maximum Gasteiger partial charge on any atom is 0.265 e. The van der Waals surface area contributed by atoms with Gasteiger partial charge in [-0.2, -0.15) is 0 Å². The maximum absolute atomic E-state index is 14.7. The van der Waals surface area contributed by atoms with Gasteiger partial charge in [-0.3, -0.25) is 9.38 Å². The van der Waals surface area contributed by atoms with Crippen LogP contribution in [0.1, 0.15) is 34.7 Å². The number of ether oxygens (including phenoxy) is 2. The van der Waals surface area contributed by atoms with Crippen molar-refractivity contribution in [2.45, 2.75) is 25.8 Å². The van der Waals surface area contributed by atoms with Gasteiger partial charge in [0.1, 0.15) is 17.9 Å². The van der Waals surface area contributed by atoms with E-state index in [1.807, 2.05) is 0 Å². The van der Waals surface area contributed by atoms with Gasteiger partial charge in [0.15, 0.2) is 17.2 Å². The molecule has 1 aromatic carbocycles. The number of benzene rings is 1. The smallest absolute Gasteiger partial charge is 0.265 e. The first-order valence-corrected chi connectivity index (χ1v) is 10.4. The zero-order chi connectivity index (χ0) is 22.7. The SMILES string of the molecule is Cc1nc(-c2cc3c(n4cnnc24)NCc2c(F)ccc4c2[C@H](CO4)CO3)ccc1C(F)F. The highest BCUT2D eigenvalue weighted by molar-refractivity contribution is 5.80. The average molecular weight is 453 g/mol. The topological polar surface area (TPSA) is 73.6 Å². The van der Waals surface area contributed by atoms with Crippen LogP contribution in [-0.4, -0.2) is 32.8 Å². The van der Waals surface area contributed by atoms with E-state index in [4.69, 9.17) is 9.47 Å². The second-order valence-electron chi connectivity index (χ2n) is 8.08. The van der Waals surface area contributed by atoms with Crippen molar-refractivity contribution in [1.29, 1.82) is 0 Å². The molecule has 1 N–H and O–H groups in total. The lowest BCUT2D eigenvalue weighted by atomic mass is 9.96. The number of fused-ring (bicyclic) bond motifs is 3. The molecule has 10 heteroatoms. The molecule has 4 aromatic rings. The number of aryl methyl sites for hydroxylation is 1. The first-order valence-electron chi connectivity index (χ1n) is 10.4. The van der Waals surface area contributed by atoms with Crippen LogP contribution in [-0.2, 0) is 6.54 Å². The van der Waals surface area contributed by atoms with Gasteiger partial charge in [-0.1, -0.05) is 0 Å². The summed E-state index contributed by atoms with van der Waals surface area (Å²) in [5.41, 5.74) is 3.01. The standard InChI is InChI=1S/C23H18F3N5O2/c1-11-13(21(25)26)2-4-17(29-11)14-6-19-23(31-10-28-30-22(14)31)27-7-15-16(24)3-5-18-20(15)12(8-32-18)9-33-19/h2-6,10,12,21,27H,7-9H2,1H3/t12-/m1/s1. The average Bonchev–Trinajstić information content (AvgIpc) is 3.44. The highest BCUT2D eigenvalue weighted by atomic mass is 19.3. The van der Waals surface area contributed by atoms with Crippen molar-refractivity contribution in [2.75, 3.05) is 18.5 Å². The molecule has 2 aliphatic rings. The van der Waals surface area contributed by atoms with Crippen LogP contribution in [0.3, 0.4) is 0 Å². The van der Waals surface area contributed by atoms with Gasteiger partial charge < -0.3 is 14.8 Å². The van der Waals surface area contributed by atoms with Gasteiger partial charge in [0, 0.05) is 34.5 Å². The van der Waals surface area contributed by atoms with E-state index in [2.05, 4.69) is 20.5 Å². The third kappa shape index (κ3) is 3.08. The number of rotatable bonds is 2. The molecule has 7 nitrogen and oxygen atoms in total. The molecule has 1 atom stereocenters. The lowest BCUT2D eigenvalue weighted by molar-refractivity contribution is 0.150. The quantitative estimate of drug-likeness (QED) is 0.476. The Labute approximate surface area is 186 Å². The predicted octanol–water partition coefficient (Wildman–Crippen LogP) is 4.66. The molecule has 0 radical (unpaired) electrons. The van der Waals surface area contributed by atoms with E-state index in [9.17, 15) is 13.2 Å². The van der Waals surface area contributed by atoms with Crippen LogP contribution in [0.2, 0.25) is 0 Å². The van der Waals surface area contributed by atoms with E-state index in [1.54, 1.807) is 23.5 Å². The van der Waals surface area contributed by atoms with Gasteiger partial charge in [0.05, 0.1) is 24.8 Å². The summed E-state index contributed by atoms with van der Waals surface area (Å²) >= 11 is 0. The van der Waals surface area contributed by atoms with E-state index >= 15 is 0 Å². The minimum Gasteiger partial charge on any atom is -0.493 e. The number of nitrogens with one attached hydrogen (secondary N) is 1. The second kappa shape index (κ2) is 7.36. The van der Waals surface area contributed by atoms with Crippen molar-refractivity contribution in [3.8, 4) is 22.8 Å². The van der Waals surface area contributed by atoms with Crippen LogP contribution in [0.4, 0.5) is 19.0 Å². The Kier molecular flexibility index (Phi) is 4.42. The third-order valence-corrected chi connectivity index (χ3v) is 6.16. The summed E-state index contributed by atoms with van der Waals surface area (Å²) in [7, 11) is 0. The summed E-state index contributed by atoms with van der Waals surface area (Å²) < 4.78 is 54.7. The Bertz CT molecular complexity index is 1400. The van der Waals surface area contributed by atoms with Crippen molar-refractivity contribution in [3.63, 3.8) is 0 Å². The van der Waals surface area contributed by atoms with Gasteiger partial charge in [-0.05, 0) is 37.3 Å². The first-order chi connectivity index (χ1) is 16.0. The minimum atomic E-state index is -2.60. The van der Waals surface area contributed by atoms with Gasteiger partial charge in [-0.15, -0.1) is 10.2 Å². The van der Waals surface area contributed by atoms with Crippen LogP contribution < -0.4 is 14.8 Å². The van der Waals surface area contributed by atoms with Gasteiger partial charge in [0.2, 0.25) is 0 Å². The number of nitrogens with zero attached hydrogens (tertiary/aromatic N) is 4. The number of hydrogen-bond acceptors (Lipinski definition) is 6. The highest BCUT2D eigenvalue weighted by Crippen LogP contribution is 2.41. The van der Waals surface area contributed by atoms with Crippen molar-refractivity contribution in [3.05, 3.63) is 64.9 Å². The van der Waals surface area contributed by atoms with E-state index in [1.165, 1.54) is 24.5 Å². The van der Waals surface area contributed by atoms with E-state index in [0.29, 0.717) is 46.4 Å². The van der Waals surface area contributed by atoms with E-state index < -0.39 is 6.43 Å². The Morgan fingerprint density at radius 1 is 1.12 bits per heavy atom. The van der Waals surface area contributed by atoms with E-state index in [0.717, 1.165) is 5.56 Å². The summed E-state index contributed by atoms with van der Waals surface area (Å²) in [5.74, 6) is 1.30. The summed E-state index contributed by atoms with van der Waals surface area (Å²) in [6.45, 7) is 2.45. The number of hydrogen-bond donors (Lipinski definition) is 1. The van der Waals surface area contributed by atoms with Gasteiger partial charge in [0.25, 0.3) is 6.43 Å². The zero-order valence-corrected chi connectivity index (χ0v) is 17.5. The first kappa shape index (κ1) is 19.8. The Morgan fingerprint density at radius 3 is 2.73 bits per heavy atom. The van der Waals surface area contributed by atoms with Crippen LogP contribution in [0.5, 0.6) is 11.5 Å². The minimum absolute atomic E-state index is 0.117. The van der Waals surface area contributed by atoms with Crippen LogP contribution in [0.25, 0.3) is 16.9 Å². The number of alkyl halides is 2. The largest absolute Gasteiger partial charge is 0.493 e. The number of pyridine rings is 2. The number of halogens is 3. The molecule has 168 valence electrons. The maximum atomic E-state index is 14.7. The molecule has 0 saturated carbocycles. The van der Waals surface area contributed by atoms with Crippen molar-refractivity contribution in [2.24, 2.45) is 0 Å². The van der Waals surface area contributed by atoms with Crippen LogP contribution >= 0.6 is 0 Å². The zero-order valence-electron chi connectivity index (χ0n) is 17.5. The lowest BCUT2D eigenvalue weighted by Crippen LogP contribution is -2.13. The number of anilines is 1. The molecule has 0 saturated heterocycles. The summed E-state index contributed by atoms with van der Waals surface area (Å²) in [4.78, 5) is 4.38. The predicted molar refractivity (Wildman–Crippen MR) is 113 cm³/mol. The Balaban J connectivity index is 1.49. The summed E-state index contributed by atoms with van der Waals surface area (Å²) in [6, 6.07) is 7.72. The molecule has 0 amide bonds. The van der Waals surface area contributed by atoms with Gasteiger partial charge in [-0.25, -0.2) is 13.2 Å². The molecular weight excluding hydrogens is 435 g/mol. The Morgan fingerprint density at radius 2 is 1.94 bits per heavy atom. The molecule has 3 aromatic heterocycles. The van der Waals surface area contributed by atoms with Crippen molar-refractivity contribution in [1.82, 2.24) is 19.6 Å². The van der Waals surface area contributed by atoms with Gasteiger partial charge >= 0.3 is 0 Å². The Hall–Kier alpha value is -3.82. The normalized spacial score (nSPS) is 16.8. The molecule has 0 aliphatic carbocycles. The summed E-state index contributed by atoms with van der Waals surface area (Å²) in [6.07, 6.45) is -1.08. The molecule has 6 rings (SSSR count). The van der Waals surface area contributed by atoms with Crippen LogP contribution in [0, 0.1) is 12.7 Å². The molecule has 33 heavy (non-hydrogen) atoms. The second-order valence-corrected chi connectivity index (χ2v) is 8.08. The molecule has 5 heterocycles. The molecule has 0 fully saturated rings. The lowest BCUT2D eigenvalue weighted by Gasteiger charge is -2.17. The fraction of sp³-hybridized carbons (Fsp3) is 0.261. The fourth-order valence-electron chi connectivity index (χ4n) is 4.53. The molecule has 0 spiro atoms. The van der Waals surface area contributed by atoms with Crippen LogP contribution in [0.15, 0.2) is 36.7 Å². The fourth-order valence-corrected chi connectivity index (χ4v) is 4.53. The molecule has 2 aliphatic heterocycles.